The molecule has 1 aromatic rings. The maximum Gasteiger partial charge on any atom is 0.401 e. The molecule has 0 atom stereocenters. The van der Waals surface area contributed by atoms with Gasteiger partial charge >= 0.3 is 12.1 Å². The van der Waals surface area contributed by atoms with E-state index in [4.69, 9.17) is 5.11 Å². The van der Waals surface area contributed by atoms with Crippen molar-refractivity contribution < 1.29 is 23.1 Å². The minimum atomic E-state index is -4.32. The van der Waals surface area contributed by atoms with Crippen LogP contribution in [0.3, 0.4) is 0 Å². The molecule has 2 N–H and O–H groups in total. The summed E-state index contributed by atoms with van der Waals surface area (Å²) in [6.45, 7) is -1.37. The van der Waals surface area contributed by atoms with Gasteiger partial charge in [-0.3, -0.25) is 4.68 Å². The van der Waals surface area contributed by atoms with Gasteiger partial charge in [0.15, 0.2) is 0 Å². The van der Waals surface area contributed by atoms with Gasteiger partial charge in [-0.1, -0.05) is 0 Å². The van der Waals surface area contributed by atoms with Crippen molar-refractivity contribution in [3.05, 3.63) is 17.5 Å². The van der Waals surface area contributed by atoms with E-state index in [0.29, 0.717) is 0 Å². The normalized spacial score (nSPS) is 11.8. The van der Waals surface area contributed by atoms with Crippen molar-refractivity contribution in [2.24, 2.45) is 7.05 Å². The first-order valence-electron chi connectivity index (χ1n) is 4.33. The number of hydrogen-bond donors (Lipinski definition) is 2. The van der Waals surface area contributed by atoms with Crippen molar-refractivity contribution in [3.8, 4) is 0 Å². The summed E-state index contributed by atoms with van der Waals surface area (Å²) in [7, 11) is 1.47. The molecule has 0 aliphatic rings. The molecule has 0 saturated carbocycles. The lowest BCUT2D eigenvalue weighted by Crippen LogP contribution is -2.29. The summed E-state index contributed by atoms with van der Waals surface area (Å²) in [4.78, 5) is 10.7. The van der Waals surface area contributed by atoms with Crippen LogP contribution in [0.15, 0.2) is 6.20 Å². The van der Waals surface area contributed by atoms with E-state index in [1.807, 2.05) is 0 Å². The smallest absolute Gasteiger partial charge is 0.401 e. The Morgan fingerprint density at radius 2 is 2.25 bits per heavy atom. The summed E-state index contributed by atoms with van der Waals surface area (Å²) >= 11 is 0. The highest BCUT2D eigenvalue weighted by Gasteiger charge is 2.26. The minimum absolute atomic E-state index is 0.0998. The maximum absolute atomic E-state index is 11.8. The number of carboxylic acid groups (broad SMARTS) is 1. The third kappa shape index (κ3) is 3.23. The molecular weight excluding hydrogens is 227 g/mol. The van der Waals surface area contributed by atoms with Crippen LogP contribution in [0.25, 0.3) is 0 Å². The summed E-state index contributed by atoms with van der Waals surface area (Å²) in [6, 6.07) is 0. The fraction of sp³-hybridized carbons (Fsp3) is 0.500. The van der Waals surface area contributed by atoms with Crippen LogP contribution in [0.5, 0.6) is 0 Å². The Kier molecular flexibility index (Phi) is 3.53. The van der Waals surface area contributed by atoms with Crippen LogP contribution in [-0.2, 0) is 13.6 Å². The molecule has 0 fully saturated rings. The lowest BCUT2D eigenvalue weighted by Gasteiger charge is -2.08. The van der Waals surface area contributed by atoms with Gasteiger partial charge in [-0.15, -0.1) is 0 Å². The standard InChI is InChI=1S/C8H10F3N3O2/c1-14-6(3-12-4-8(9,10)11)5(2-13-14)7(15)16/h2,12H,3-4H2,1H3,(H,15,16). The number of aryl methyl sites for hydroxylation is 1. The Labute approximate surface area is 88.9 Å². The van der Waals surface area contributed by atoms with Gasteiger partial charge in [0.25, 0.3) is 0 Å². The van der Waals surface area contributed by atoms with E-state index >= 15 is 0 Å². The van der Waals surface area contributed by atoms with Gasteiger partial charge in [0, 0.05) is 13.6 Å². The van der Waals surface area contributed by atoms with Crippen molar-refractivity contribution in [2.75, 3.05) is 6.54 Å². The van der Waals surface area contributed by atoms with Crippen LogP contribution in [0, 0.1) is 0 Å². The third-order valence-electron chi connectivity index (χ3n) is 1.91. The largest absolute Gasteiger partial charge is 0.478 e. The van der Waals surface area contributed by atoms with Crippen LogP contribution in [0.2, 0.25) is 0 Å². The number of aromatic carboxylic acids is 1. The summed E-state index contributed by atoms with van der Waals surface area (Å²) < 4.78 is 36.8. The zero-order valence-electron chi connectivity index (χ0n) is 8.38. The Morgan fingerprint density at radius 1 is 1.62 bits per heavy atom. The first-order chi connectivity index (χ1) is 7.31. The van der Waals surface area contributed by atoms with Crippen LogP contribution in [0.4, 0.5) is 13.2 Å². The molecule has 0 aliphatic carbocycles. The van der Waals surface area contributed by atoms with Crippen molar-refractivity contribution in [3.63, 3.8) is 0 Å². The molecule has 0 aromatic carbocycles. The molecule has 0 unspecified atom stereocenters. The third-order valence-corrected chi connectivity index (χ3v) is 1.91. The van der Waals surface area contributed by atoms with Gasteiger partial charge in [-0.05, 0) is 0 Å². The van der Waals surface area contributed by atoms with Crippen LogP contribution in [0.1, 0.15) is 16.1 Å². The lowest BCUT2D eigenvalue weighted by molar-refractivity contribution is -0.125. The fourth-order valence-electron chi connectivity index (χ4n) is 1.17. The SMILES string of the molecule is Cn1ncc(C(=O)O)c1CNCC(F)(F)F. The molecule has 1 aromatic heterocycles. The fourth-order valence-corrected chi connectivity index (χ4v) is 1.17. The molecule has 1 rings (SSSR count). The Morgan fingerprint density at radius 3 is 2.75 bits per heavy atom. The quantitative estimate of drug-likeness (QED) is 0.811. The lowest BCUT2D eigenvalue weighted by atomic mass is 10.2. The predicted octanol–water partition coefficient (Wildman–Crippen LogP) is 0.770. The number of alkyl halides is 3. The van der Waals surface area contributed by atoms with Gasteiger partial charge in [0.05, 0.1) is 18.4 Å². The van der Waals surface area contributed by atoms with E-state index < -0.39 is 18.7 Å². The first kappa shape index (κ1) is 12.5. The second-order valence-corrected chi connectivity index (χ2v) is 3.15. The van der Waals surface area contributed by atoms with Crippen molar-refractivity contribution >= 4 is 5.97 Å². The molecule has 0 spiro atoms. The Hall–Kier alpha value is -1.57. The number of rotatable bonds is 4. The summed E-state index contributed by atoms with van der Waals surface area (Å²) in [5, 5.41) is 14.5. The average Bonchev–Trinajstić information content (AvgIpc) is 2.46. The molecule has 0 radical (unpaired) electrons. The number of nitrogens with one attached hydrogen (secondary N) is 1. The van der Waals surface area contributed by atoms with Gasteiger partial charge in [0.2, 0.25) is 0 Å². The van der Waals surface area contributed by atoms with E-state index in [1.165, 1.54) is 11.7 Å². The molecule has 90 valence electrons. The second-order valence-electron chi connectivity index (χ2n) is 3.15. The Bertz CT molecular complexity index is 386. The number of carboxylic acids is 1. The number of halogens is 3. The number of hydrogen-bond acceptors (Lipinski definition) is 3. The van der Waals surface area contributed by atoms with E-state index in [9.17, 15) is 18.0 Å². The minimum Gasteiger partial charge on any atom is -0.478 e. The molecular formula is C8H10F3N3O2. The number of nitrogens with zero attached hydrogens (tertiary/aromatic N) is 2. The van der Waals surface area contributed by atoms with Crippen molar-refractivity contribution in [1.82, 2.24) is 15.1 Å². The highest BCUT2D eigenvalue weighted by molar-refractivity contribution is 5.88. The van der Waals surface area contributed by atoms with Crippen molar-refractivity contribution in [1.29, 1.82) is 0 Å². The second kappa shape index (κ2) is 4.52. The zero-order valence-corrected chi connectivity index (χ0v) is 8.38. The molecule has 0 bridgehead atoms. The molecule has 0 amide bonds. The van der Waals surface area contributed by atoms with Crippen LogP contribution < -0.4 is 5.32 Å². The summed E-state index contributed by atoms with van der Waals surface area (Å²) in [6.07, 6.45) is -3.21. The average molecular weight is 237 g/mol. The summed E-state index contributed by atoms with van der Waals surface area (Å²) in [5.41, 5.74) is 0.105. The maximum atomic E-state index is 11.8. The Balaban J connectivity index is 2.66. The van der Waals surface area contributed by atoms with Gasteiger partial charge in [0.1, 0.15) is 5.56 Å². The van der Waals surface area contributed by atoms with Crippen LogP contribution in [-0.4, -0.2) is 33.6 Å². The highest BCUT2D eigenvalue weighted by Crippen LogP contribution is 2.13. The van der Waals surface area contributed by atoms with E-state index in [-0.39, 0.29) is 17.8 Å². The number of carbonyl (C=O) groups is 1. The molecule has 16 heavy (non-hydrogen) atoms. The van der Waals surface area contributed by atoms with Gasteiger partial charge in [-0.25, -0.2) is 4.79 Å². The molecule has 0 saturated heterocycles. The first-order valence-corrected chi connectivity index (χ1v) is 4.33. The predicted molar refractivity (Wildman–Crippen MR) is 47.9 cm³/mol. The molecule has 5 nitrogen and oxygen atoms in total. The topological polar surface area (TPSA) is 67.2 Å². The molecule has 8 heteroatoms. The van der Waals surface area contributed by atoms with Gasteiger partial charge in [-0.2, -0.15) is 18.3 Å². The van der Waals surface area contributed by atoms with E-state index in [0.717, 1.165) is 6.20 Å². The number of aromatic nitrogens is 2. The van der Waals surface area contributed by atoms with E-state index in [2.05, 4.69) is 10.4 Å². The summed E-state index contributed by atoms with van der Waals surface area (Å²) in [5.74, 6) is -1.21. The van der Waals surface area contributed by atoms with Gasteiger partial charge < -0.3 is 10.4 Å². The zero-order chi connectivity index (χ0) is 12.3. The van der Waals surface area contributed by atoms with E-state index in [1.54, 1.807) is 0 Å². The monoisotopic (exact) mass is 237 g/mol. The van der Waals surface area contributed by atoms with Crippen LogP contribution >= 0.6 is 0 Å². The van der Waals surface area contributed by atoms with Crippen molar-refractivity contribution in [2.45, 2.75) is 12.7 Å². The molecule has 1 heterocycles. The molecule has 0 aliphatic heterocycles. The highest BCUT2D eigenvalue weighted by atomic mass is 19.4.